The molecule has 0 aliphatic rings. The zero-order valence-electron chi connectivity index (χ0n) is 13.1. The van der Waals surface area contributed by atoms with Gasteiger partial charge >= 0.3 is 0 Å². The second-order valence-corrected chi connectivity index (χ2v) is 8.38. The van der Waals surface area contributed by atoms with Crippen LogP contribution in [0.25, 0.3) is 0 Å². The molecule has 0 aliphatic carbocycles. The highest BCUT2D eigenvalue weighted by molar-refractivity contribution is 7.99. The van der Waals surface area contributed by atoms with Crippen LogP contribution >= 0.6 is 11.8 Å². The van der Waals surface area contributed by atoms with Gasteiger partial charge in [-0.25, -0.2) is 18.2 Å². The van der Waals surface area contributed by atoms with Crippen molar-refractivity contribution in [2.45, 2.75) is 36.4 Å². The zero-order valence-corrected chi connectivity index (χ0v) is 14.8. The summed E-state index contributed by atoms with van der Waals surface area (Å²) in [5, 5.41) is 17.4. The third-order valence-corrected chi connectivity index (χ3v) is 4.62. The molecule has 1 aromatic carbocycles. The van der Waals surface area contributed by atoms with Crippen molar-refractivity contribution in [3.05, 3.63) is 24.3 Å². The van der Waals surface area contributed by atoms with Crippen LogP contribution < -0.4 is 9.88 Å². The highest BCUT2D eigenvalue weighted by Gasteiger charge is 2.19. The molecular weight excluding hydrogens is 338 g/mol. The molecule has 1 aromatic heterocycles. The summed E-state index contributed by atoms with van der Waals surface area (Å²) >= 11 is 1.49. The van der Waals surface area contributed by atoms with Crippen molar-refractivity contribution in [1.82, 2.24) is 20.2 Å². The monoisotopic (exact) mass is 357 g/mol. The van der Waals surface area contributed by atoms with E-state index < -0.39 is 10.0 Å². The molecule has 8 nitrogen and oxygen atoms in total. The summed E-state index contributed by atoms with van der Waals surface area (Å²) < 4.78 is 29.6. The maximum atomic E-state index is 11.2. The van der Waals surface area contributed by atoms with E-state index in [1.165, 1.54) is 23.9 Å². The fourth-order valence-corrected chi connectivity index (χ4v) is 3.10. The Morgan fingerprint density at radius 3 is 2.48 bits per heavy atom. The van der Waals surface area contributed by atoms with Crippen LogP contribution in [0.2, 0.25) is 0 Å². The van der Waals surface area contributed by atoms with Crippen LogP contribution in [0.3, 0.4) is 0 Å². The lowest BCUT2D eigenvalue weighted by molar-refractivity contribution is 0.320. The summed E-state index contributed by atoms with van der Waals surface area (Å²) in [4.78, 5) is 0.0589. The van der Waals surface area contributed by atoms with Crippen molar-refractivity contribution < 1.29 is 13.2 Å². The molecule has 2 rings (SSSR count). The minimum absolute atomic E-state index is 0.0589. The number of benzene rings is 1. The zero-order chi connectivity index (χ0) is 17.1. The number of hydrogen-bond acceptors (Lipinski definition) is 7. The molecule has 126 valence electrons. The number of tetrazole rings is 1. The Morgan fingerprint density at radius 2 is 1.91 bits per heavy atom. The summed E-state index contributed by atoms with van der Waals surface area (Å²) in [6, 6.07) is 5.98. The summed E-state index contributed by atoms with van der Waals surface area (Å²) in [5.41, 5.74) is -0.184. The Labute approximate surface area is 139 Å². The molecule has 0 fully saturated rings. The number of rotatable bonds is 6. The number of primary sulfonamides is 1. The van der Waals surface area contributed by atoms with Gasteiger partial charge in [0.25, 0.3) is 0 Å². The van der Waals surface area contributed by atoms with Gasteiger partial charge in [-0.15, -0.1) is 5.10 Å². The molecule has 1 heterocycles. The summed E-state index contributed by atoms with van der Waals surface area (Å²) in [5.74, 6) is 1.24. The molecule has 0 bridgehead atoms. The third-order valence-electron chi connectivity index (χ3n) is 2.81. The van der Waals surface area contributed by atoms with Crippen LogP contribution in [0.4, 0.5) is 0 Å². The number of hydrogen-bond donors (Lipinski definition) is 1. The van der Waals surface area contributed by atoms with Gasteiger partial charge in [0.15, 0.2) is 0 Å². The molecule has 0 aliphatic heterocycles. The summed E-state index contributed by atoms with van der Waals surface area (Å²) in [7, 11) is -3.68. The minimum Gasteiger partial charge on any atom is -0.493 e. The minimum atomic E-state index is -3.68. The van der Waals surface area contributed by atoms with E-state index in [-0.39, 0.29) is 10.4 Å². The Morgan fingerprint density at radius 1 is 1.26 bits per heavy atom. The Hall–Kier alpha value is -1.65. The summed E-state index contributed by atoms with van der Waals surface area (Å²) in [6.45, 7) is 6.52. The fourth-order valence-electron chi connectivity index (χ4n) is 1.71. The number of sulfonamides is 1. The first-order valence-corrected chi connectivity index (χ1v) is 9.38. The van der Waals surface area contributed by atoms with Crippen molar-refractivity contribution in [3.63, 3.8) is 0 Å². The highest BCUT2D eigenvalue weighted by atomic mass is 32.2. The predicted molar refractivity (Wildman–Crippen MR) is 86.8 cm³/mol. The average molecular weight is 357 g/mol. The molecule has 23 heavy (non-hydrogen) atoms. The number of nitrogens with zero attached hydrogens (tertiary/aromatic N) is 4. The Balaban J connectivity index is 1.86. The first-order valence-electron chi connectivity index (χ1n) is 6.85. The molecular formula is C13H19N5O3S2. The van der Waals surface area contributed by atoms with Crippen LogP contribution in [0.15, 0.2) is 34.3 Å². The van der Waals surface area contributed by atoms with Gasteiger partial charge in [0.1, 0.15) is 5.75 Å². The normalized spacial score (nSPS) is 12.3. The molecule has 2 aromatic rings. The molecule has 10 heteroatoms. The molecule has 0 radical (unpaired) electrons. The number of nitrogens with two attached hydrogens (primary N) is 1. The molecule has 0 amide bonds. The topological polar surface area (TPSA) is 113 Å². The quantitative estimate of drug-likeness (QED) is 0.611. The largest absolute Gasteiger partial charge is 0.493 e. The van der Waals surface area contributed by atoms with Gasteiger partial charge in [0.05, 0.1) is 17.0 Å². The molecule has 0 saturated carbocycles. The van der Waals surface area contributed by atoms with Crippen LogP contribution in [0.1, 0.15) is 20.8 Å². The number of thioether (sulfide) groups is 1. The van der Waals surface area contributed by atoms with Gasteiger partial charge in [-0.05, 0) is 55.5 Å². The van der Waals surface area contributed by atoms with Gasteiger partial charge in [-0.1, -0.05) is 11.8 Å². The average Bonchev–Trinajstić information content (AvgIpc) is 2.92. The van der Waals surface area contributed by atoms with Crippen LogP contribution in [-0.2, 0) is 15.6 Å². The van der Waals surface area contributed by atoms with Crippen molar-refractivity contribution in [2.24, 2.45) is 5.14 Å². The lowest BCUT2D eigenvalue weighted by Crippen LogP contribution is -2.24. The second kappa shape index (κ2) is 6.85. The van der Waals surface area contributed by atoms with E-state index in [1.807, 2.05) is 20.8 Å². The number of ether oxygens (including phenoxy) is 1. The lowest BCUT2D eigenvalue weighted by atomic mass is 10.1. The maximum Gasteiger partial charge on any atom is 0.238 e. The van der Waals surface area contributed by atoms with Crippen LogP contribution in [-0.4, -0.2) is 41.0 Å². The van der Waals surface area contributed by atoms with Crippen LogP contribution in [0.5, 0.6) is 5.75 Å². The van der Waals surface area contributed by atoms with E-state index in [1.54, 1.807) is 16.8 Å². The van der Waals surface area contributed by atoms with Gasteiger partial charge in [0, 0.05) is 5.75 Å². The van der Waals surface area contributed by atoms with Gasteiger partial charge in [-0.2, -0.15) is 0 Å². The molecule has 0 spiro atoms. The molecule has 0 saturated heterocycles. The van der Waals surface area contributed by atoms with E-state index >= 15 is 0 Å². The van der Waals surface area contributed by atoms with Crippen molar-refractivity contribution in [1.29, 1.82) is 0 Å². The van der Waals surface area contributed by atoms with E-state index in [0.29, 0.717) is 18.1 Å². The maximum absolute atomic E-state index is 11.2. The van der Waals surface area contributed by atoms with Gasteiger partial charge in [-0.3, -0.25) is 0 Å². The fraction of sp³-hybridized carbons (Fsp3) is 0.462. The third kappa shape index (κ3) is 4.91. The van der Waals surface area contributed by atoms with E-state index in [4.69, 9.17) is 9.88 Å². The standard InChI is InChI=1S/C13H19N5O3S2/c1-13(2,3)18-12(15-16-17-18)22-9-8-21-10-4-6-11(7-5-10)23(14,19)20/h4-7H,8-9H2,1-3H3,(H2,14,19,20). The second-order valence-electron chi connectivity index (χ2n) is 5.76. The molecule has 0 atom stereocenters. The SMILES string of the molecule is CC(C)(C)n1nnnc1SCCOc1ccc(S(N)(=O)=O)cc1. The Kier molecular flexibility index (Phi) is 5.27. The molecule has 2 N–H and O–H groups in total. The van der Waals surface area contributed by atoms with E-state index in [0.717, 1.165) is 5.16 Å². The lowest BCUT2D eigenvalue weighted by Gasteiger charge is -2.19. The van der Waals surface area contributed by atoms with Gasteiger partial charge < -0.3 is 4.74 Å². The summed E-state index contributed by atoms with van der Waals surface area (Å²) in [6.07, 6.45) is 0. The first kappa shape index (κ1) is 17.7. The van der Waals surface area contributed by atoms with Crippen molar-refractivity contribution in [2.75, 3.05) is 12.4 Å². The van der Waals surface area contributed by atoms with Gasteiger partial charge in [0.2, 0.25) is 15.2 Å². The van der Waals surface area contributed by atoms with Crippen LogP contribution in [0, 0.1) is 0 Å². The predicted octanol–water partition coefficient (Wildman–Crippen LogP) is 1.25. The Bertz CT molecular complexity index is 751. The highest BCUT2D eigenvalue weighted by Crippen LogP contribution is 2.21. The van der Waals surface area contributed by atoms with E-state index in [2.05, 4.69) is 15.5 Å². The van der Waals surface area contributed by atoms with Crippen molar-refractivity contribution >= 4 is 21.8 Å². The first-order chi connectivity index (χ1) is 10.7. The smallest absolute Gasteiger partial charge is 0.238 e. The molecule has 0 unspecified atom stereocenters. The number of aromatic nitrogens is 4. The van der Waals surface area contributed by atoms with Crippen molar-refractivity contribution in [3.8, 4) is 5.75 Å². The van der Waals surface area contributed by atoms with E-state index in [9.17, 15) is 8.42 Å².